The van der Waals surface area contributed by atoms with Gasteiger partial charge in [0.1, 0.15) is 5.76 Å². The predicted octanol–water partition coefficient (Wildman–Crippen LogP) is 2.90. The van der Waals surface area contributed by atoms with E-state index in [2.05, 4.69) is 9.88 Å². The predicted molar refractivity (Wildman–Crippen MR) is 72.8 cm³/mol. The van der Waals surface area contributed by atoms with Gasteiger partial charge in [-0.1, -0.05) is 0 Å². The average molecular weight is 258 g/mol. The Morgan fingerprint density at radius 1 is 1.42 bits per heavy atom. The van der Waals surface area contributed by atoms with E-state index < -0.39 is 6.10 Å². The van der Waals surface area contributed by atoms with Crippen molar-refractivity contribution in [2.24, 2.45) is 0 Å². The molecule has 4 nitrogen and oxygen atoms in total. The van der Waals surface area contributed by atoms with Gasteiger partial charge in [0.25, 0.3) is 0 Å². The molecule has 2 aromatic heterocycles. The molecule has 1 aliphatic carbocycles. The van der Waals surface area contributed by atoms with E-state index in [1.165, 1.54) is 12.8 Å². The number of aliphatic hydroxyl groups is 1. The Morgan fingerprint density at radius 2 is 2.26 bits per heavy atom. The molecular formula is C15H18N2O2. The molecule has 0 radical (unpaired) electrons. The van der Waals surface area contributed by atoms with Crippen LogP contribution >= 0.6 is 0 Å². The summed E-state index contributed by atoms with van der Waals surface area (Å²) in [5, 5.41) is 9.49. The van der Waals surface area contributed by atoms with Crippen LogP contribution in [0.1, 0.15) is 37.3 Å². The van der Waals surface area contributed by atoms with Crippen LogP contribution in [0, 0.1) is 0 Å². The molecule has 0 spiro atoms. The number of aliphatic hydroxyl groups excluding tert-OH is 1. The molecule has 4 heteroatoms. The number of pyridine rings is 1. The van der Waals surface area contributed by atoms with Gasteiger partial charge in [-0.25, -0.2) is 0 Å². The van der Waals surface area contributed by atoms with E-state index in [0.29, 0.717) is 11.7 Å². The second-order valence-electron chi connectivity index (χ2n) is 5.06. The van der Waals surface area contributed by atoms with Crippen molar-refractivity contribution in [3.8, 4) is 0 Å². The molecule has 1 N–H and O–H groups in total. The van der Waals surface area contributed by atoms with Crippen LogP contribution in [0.15, 0.2) is 41.1 Å². The molecule has 1 aliphatic rings. The highest BCUT2D eigenvalue weighted by Gasteiger charge is 2.30. The Balaban J connectivity index is 1.79. The van der Waals surface area contributed by atoms with Gasteiger partial charge >= 0.3 is 0 Å². The molecule has 2 aromatic rings. The summed E-state index contributed by atoms with van der Waals surface area (Å²) in [6.45, 7) is 2.50. The maximum atomic E-state index is 9.49. The van der Waals surface area contributed by atoms with Gasteiger partial charge in [0.15, 0.2) is 0 Å². The minimum Gasteiger partial charge on any atom is -0.467 e. The topological polar surface area (TPSA) is 49.5 Å². The van der Waals surface area contributed by atoms with E-state index in [1.54, 1.807) is 13.2 Å². The first kappa shape index (κ1) is 12.2. The number of anilines is 1. The van der Waals surface area contributed by atoms with Crippen LogP contribution in [-0.4, -0.2) is 16.1 Å². The first-order chi connectivity index (χ1) is 9.24. The SMILES string of the molecule is CC(O)c1ccc(N(Cc2ccco2)C2CC2)cn1. The van der Waals surface area contributed by atoms with Crippen molar-refractivity contribution in [3.63, 3.8) is 0 Å². The Kier molecular flexibility index (Phi) is 3.25. The third-order valence-electron chi connectivity index (χ3n) is 3.42. The Morgan fingerprint density at radius 3 is 2.79 bits per heavy atom. The van der Waals surface area contributed by atoms with Gasteiger partial charge in [0.2, 0.25) is 0 Å². The minimum absolute atomic E-state index is 0.520. The van der Waals surface area contributed by atoms with Crippen LogP contribution in [0.2, 0.25) is 0 Å². The van der Waals surface area contributed by atoms with Gasteiger partial charge in [-0.2, -0.15) is 0 Å². The van der Waals surface area contributed by atoms with Crippen molar-refractivity contribution >= 4 is 5.69 Å². The standard InChI is InChI=1S/C15H18N2O2/c1-11(18)15-7-6-13(9-16-15)17(12-4-5-12)10-14-3-2-8-19-14/h2-3,6-9,11-12,18H,4-5,10H2,1H3. The molecule has 0 aliphatic heterocycles. The highest BCUT2D eigenvalue weighted by Crippen LogP contribution is 2.33. The molecule has 1 unspecified atom stereocenters. The van der Waals surface area contributed by atoms with Crippen LogP contribution in [0.3, 0.4) is 0 Å². The molecule has 0 amide bonds. The molecule has 1 saturated carbocycles. The minimum atomic E-state index is -0.520. The Hall–Kier alpha value is -1.81. The summed E-state index contributed by atoms with van der Waals surface area (Å²) < 4.78 is 5.42. The van der Waals surface area contributed by atoms with Crippen LogP contribution in [-0.2, 0) is 6.54 Å². The Bertz CT molecular complexity index is 516. The van der Waals surface area contributed by atoms with Gasteiger partial charge in [0, 0.05) is 6.04 Å². The summed E-state index contributed by atoms with van der Waals surface area (Å²) in [5.74, 6) is 0.964. The van der Waals surface area contributed by atoms with E-state index in [4.69, 9.17) is 4.42 Å². The maximum absolute atomic E-state index is 9.49. The van der Waals surface area contributed by atoms with Crippen molar-refractivity contribution < 1.29 is 9.52 Å². The highest BCUT2D eigenvalue weighted by molar-refractivity contribution is 5.47. The molecule has 100 valence electrons. The summed E-state index contributed by atoms with van der Waals surface area (Å²) in [4.78, 5) is 6.63. The van der Waals surface area contributed by atoms with E-state index in [9.17, 15) is 5.11 Å². The quantitative estimate of drug-likeness (QED) is 0.896. The summed E-state index contributed by atoms with van der Waals surface area (Å²) >= 11 is 0. The first-order valence-electron chi connectivity index (χ1n) is 6.67. The lowest BCUT2D eigenvalue weighted by molar-refractivity contribution is 0.194. The van der Waals surface area contributed by atoms with Gasteiger partial charge < -0.3 is 14.4 Å². The van der Waals surface area contributed by atoms with Crippen molar-refractivity contribution in [2.45, 2.75) is 38.5 Å². The zero-order valence-corrected chi connectivity index (χ0v) is 11.0. The molecule has 19 heavy (non-hydrogen) atoms. The number of hydrogen-bond acceptors (Lipinski definition) is 4. The summed E-state index contributed by atoms with van der Waals surface area (Å²) in [7, 11) is 0. The average Bonchev–Trinajstić information content (AvgIpc) is 3.13. The van der Waals surface area contributed by atoms with Gasteiger partial charge in [0.05, 0.1) is 36.5 Å². The maximum Gasteiger partial charge on any atom is 0.123 e. The van der Waals surface area contributed by atoms with Crippen molar-refractivity contribution in [2.75, 3.05) is 4.90 Å². The highest BCUT2D eigenvalue weighted by atomic mass is 16.3. The molecule has 0 bridgehead atoms. The number of nitrogens with zero attached hydrogens (tertiary/aromatic N) is 2. The zero-order valence-electron chi connectivity index (χ0n) is 11.0. The molecule has 1 fully saturated rings. The van der Waals surface area contributed by atoms with Crippen LogP contribution in [0.5, 0.6) is 0 Å². The molecular weight excluding hydrogens is 240 g/mol. The lowest BCUT2D eigenvalue weighted by atomic mass is 10.2. The monoisotopic (exact) mass is 258 g/mol. The summed E-state index contributed by atoms with van der Waals surface area (Å²) in [6, 6.07) is 8.40. The fraction of sp³-hybridized carbons (Fsp3) is 0.400. The van der Waals surface area contributed by atoms with Gasteiger partial charge in [-0.05, 0) is 44.0 Å². The number of hydrogen-bond donors (Lipinski definition) is 1. The number of furan rings is 1. The lowest BCUT2D eigenvalue weighted by Crippen LogP contribution is -2.24. The normalized spacial score (nSPS) is 16.3. The molecule has 0 aromatic carbocycles. The lowest BCUT2D eigenvalue weighted by Gasteiger charge is -2.23. The molecule has 2 heterocycles. The number of aromatic nitrogens is 1. The van der Waals surface area contributed by atoms with Crippen LogP contribution < -0.4 is 4.90 Å². The van der Waals surface area contributed by atoms with Crippen LogP contribution in [0.4, 0.5) is 5.69 Å². The van der Waals surface area contributed by atoms with E-state index >= 15 is 0 Å². The third kappa shape index (κ3) is 2.79. The second kappa shape index (κ2) is 5.05. The summed E-state index contributed by atoms with van der Waals surface area (Å²) in [5.41, 5.74) is 1.79. The van der Waals surface area contributed by atoms with Gasteiger partial charge in [-0.15, -0.1) is 0 Å². The van der Waals surface area contributed by atoms with E-state index in [1.807, 2.05) is 30.5 Å². The third-order valence-corrected chi connectivity index (χ3v) is 3.42. The summed E-state index contributed by atoms with van der Waals surface area (Å²) in [6.07, 6.45) is 5.46. The molecule has 3 rings (SSSR count). The fourth-order valence-corrected chi connectivity index (χ4v) is 2.20. The van der Waals surface area contributed by atoms with Crippen molar-refractivity contribution in [1.29, 1.82) is 0 Å². The fourth-order valence-electron chi connectivity index (χ4n) is 2.20. The molecule has 1 atom stereocenters. The smallest absolute Gasteiger partial charge is 0.123 e. The number of rotatable bonds is 5. The van der Waals surface area contributed by atoms with Crippen molar-refractivity contribution in [3.05, 3.63) is 48.2 Å². The Labute approximate surface area is 112 Å². The van der Waals surface area contributed by atoms with Gasteiger partial charge in [-0.3, -0.25) is 4.98 Å². The van der Waals surface area contributed by atoms with Crippen LogP contribution in [0.25, 0.3) is 0 Å². The first-order valence-corrected chi connectivity index (χ1v) is 6.67. The molecule has 0 saturated heterocycles. The van der Waals surface area contributed by atoms with E-state index in [-0.39, 0.29) is 0 Å². The van der Waals surface area contributed by atoms with Crippen molar-refractivity contribution in [1.82, 2.24) is 4.98 Å². The van der Waals surface area contributed by atoms with E-state index in [0.717, 1.165) is 18.0 Å². The second-order valence-corrected chi connectivity index (χ2v) is 5.06. The largest absolute Gasteiger partial charge is 0.467 e. The zero-order chi connectivity index (χ0) is 13.2.